The maximum atomic E-state index is 12.0. The smallest absolute Gasteiger partial charge is 0.409 e. The second-order valence-corrected chi connectivity index (χ2v) is 6.08. The van der Waals surface area contributed by atoms with Crippen molar-refractivity contribution in [3.05, 3.63) is 30.5 Å². The van der Waals surface area contributed by atoms with Gasteiger partial charge in [0.1, 0.15) is 0 Å². The number of unbranched alkanes of at least 4 members (excludes halogenated alkanes) is 1. The molecule has 2 heterocycles. The number of aromatic nitrogens is 1. The largest absolute Gasteiger partial charge is 0.449 e. The molecule has 3 rings (SSSR count). The number of rotatable bonds is 4. The third kappa shape index (κ3) is 3.28. The Balaban J connectivity index is 1.64. The standard InChI is InChI=1S/C18H25N3O2/c1-3-4-14-23-18(22)21-12-10-20(11-13-21)16-7-5-6-15-8-9-19(2)17(15)16/h5-9H,3-4,10-14H2,1-2H3. The maximum Gasteiger partial charge on any atom is 0.409 e. The first-order valence-corrected chi connectivity index (χ1v) is 8.41. The zero-order valence-electron chi connectivity index (χ0n) is 14.0. The summed E-state index contributed by atoms with van der Waals surface area (Å²) in [5.41, 5.74) is 2.50. The van der Waals surface area contributed by atoms with Gasteiger partial charge in [0.15, 0.2) is 0 Å². The quantitative estimate of drug-likeness (QED) is 0.813. The number of anilines is 1. The Morgan fingerprint density at radius 2 is 1.96 bits per heavy atom. The summed E-state index contributed by atoms with van der Waals surface area (Å²) in [6.45, 7) is 5.73. The molecule has 0 unspecified atom stereocenters. The molecule has 124 valence electrons. The van der Waals surface area contributed by atoms with Crippen LogP contribution in [0.2, 0.25) is 0 Å². The fourth-order valence-electron chi connectivity index (χ4n) is 3.11. The molecule has 1 fully saturated rings. The van der Waals surface area contributed by atoms with Crippen molar-refractivity contribution in [1.82, 2.24) is 9.47 Å². The predicted molar refractivity (Wildman–Crippen MR) is 93.0 cm³/mol. The fraction of sp³-hybridized carbons (Fsp3) is 0.500. The first-order valence-electron chi connectivity index (χ1n) is 8.41. The fourth-order valence-corrected chi connectivity index (χ4v) is 3.11. The van der Waals surface area contributed by atoms with E-state index in [0.717, 1.165) is 25.9 Å². The average Bonchev–Trinajstić information content (AvgIpc) is 2.97. The van der Waals surface area contributed by atoms with E-state index in [1.165, 1.54) is 16.6 Å². The highest BCUT2D eigenvalue weighted by atomic mass is 16.6. The Labute approximate surface area is 137 Å². The monoisotopic (exact) mass is 315 g/mol. The van der Waals surface area contributed by atoms with Crippen LogP contribution in [0.4, 0.5) is 10.5 Å². The number of para-hydroxylation sites is 1. The SMILES string of the molecule is CCCCOC(=O)N1CCN(c2cccc3ccn(C)c23)CC1. The van der Waals surface area contributed by atoms with Gasteiger partial charge in [0.25, 0.3) is 0 Å². The third-order valence-electron chi connectivity index (χ3n) is 4.48. The van der Waals surface area contributed by atoms with Crippen molar-refractivity contribution in [3.63, 3.8) is 0 Å². The molecule has 0 radical (unpaired) electrons. The number of benzene rings is 1. The van der Waals surface area contributed by atoms with E-state index in [-0.39, 0.29) is 6.09 Å². The zero-order chi connectivity index (χ0) is 16.2. The number of piperazine rings is 1. The highest BCUT2D eigenvalue weighted by Crippen LogP contribution is 2.28. The van der Waals surface area contributed by atoms with Crippen molar-refractivity contribution in [1.29, 1.82) is 0 Å². The molecule has 23 heavy (non-hydrogen) atoms. The first-order chi connectivity index (χ1) is 11.2. The van der Waals surface area contributed by atoms with E-state index in [1.54, 1.807) is 0 Å². The van der Waals surface area contributed by atoms with Crippen LogP contribution in [-0.2, 0) is 11.8 Å². The molecule has 0 atom stereocenters. The minimum Gasteiger partial charge on any atom is -0.449 e. The van der Waals surface area contributed by atoms with Gasteiger partial charge in [-0.05, 0) is 18.6 Å². The summed E-state index contributed by atoms with van der Waals surface area (Å²) in [6.07, 6.45) is 3.90. The van der Waals surface area contributed by atoms with Gasteiger partial charge >= 0.3 is 6.09 Å². The number of aryl methyl sites for hydroxylation is 1. The van der Waals surface area contributed by atoms with Crippen LogP contribution in [0.1, 0.15) is 19.8 Å². The van der Waals surface area contributed by atoms with Gasteiger partial charge in [0, 0.05) is 44.8 Å². The van der Waals surface area contributed by atoms with Crippen LogP contribution in [0.3, 0.4) is 0 Å². The van der Waals surface area contributed by atoms with E-state index in [2.05, 4.69) is 53.9 Å². The molecule has 1 aromatic carbocycles. The molecule has 0 bridgehead atoms. The van der Waals surface area contributed by atoms with E-state index < -0.39 is 0 Å². The number of nitrogens with zero attached hydrogens (tertiary/aromatic N) is 3. The van der Waals surface area contributed by atoms with Crippen LogP contribution in [0.15, 0.2) is 30.5 Å². The van der Waals surface area contributed by atoms with Crippen molar-refractivity contribution < 1.29 is 9.53 Å². The van der Waals surface area contributed by atoms with Gasteiger partial charge in [0.05, 0.1) is 17.8 Å². The summed E-state index contributed by atoms with van der Waals surface area (Å²) < 4.78 is 7.47. The van der Waals surface area contributed by atoms with E-state index in [1.807, 2.05) is 4.90 Å². The minimum absolute atomic E-state index is 0.171. The highest BCUT2D eigenvalue weighted by molar-refractivity contribution is 5.92. The maximum absolute atomic E-state index is 12.0. The topological polar surface area (TPSA) is 37.7 Å². The van der Waals surface area contributed by atoms with E-state index in [4.69, 9.17) is 4.74 Å². The van der Waals surface area contributed by atoms with Gasteiger partial charge in [-0.1, -0.05) is 25.5 Å². The number of ether oxygens (including phenoxy) is 1. The van der Waals surface area contributed by atoms with Crippen LogP contribution in [0.5, 0.6) is 0 Å². The predicted octanol–water partition coefficient (Wildman–Crippen LogP) is 3.24. The molecule has 1 amide bonds. The van der Waals surface area contributed by atoms with Gasteiger partial charge in [-0.2, -0.15) is 0 Å². The van der Waals surface area contributed by atoms with Crippen molar-refractivity contribution in [2.75, 3.05) is 37.7 Å². The lowest BCUT2D eigenvalue weighted by molar-refractivity contribution is 0.0990. The molecule has 0 N–H and O–H groups in total. The lowest BCUT2D eigenvalue weighted by Crippen LogP contribution is -2.49. The molecule has 5 nitrogen and oxygen atoms in total. The number of hydrogen-bond donors (Lipinski definition) is 0. The zero-order valence-corrected chi connectivity index (χ0v) is 14.0. The Morgan fingerprint density at radius 1 is 1.17 bits per heavy atom. The lowest BCUT2D eigenvalue weighted by atomic mass is 10.2. The third-order valence-corrected chi connectivity index (χ3v) is 4.48. The van der Waals surface area contributed by atoms with Crippen LogP contribution in [0.25, 0.3) is 10.9 Å². The number of hydrogen-bond acceptors (Lipinski definition) is 3. The van der Waals surface area contributed by atoms with Crippen LogP contribution >= 0.6 is 0 Å². The number of carbonyl (C=O) groups is 1. The van der Waals surface area contributed by atoms with Crippen LogP contribution in [0, 0.1) is 0 Å². The second-order valence-electron chi connectivity index (χ2n) is 6.08. The van der Waals surface area contributed by atoms with Crippen LogP contribution < -0.4 is 4.90 Å². The summed E-state index contributed by atoms with van der Waals surface area (Å²) in [5, 5.41) is 1.26. The molecule has 0 saturated carbocycles. The molecule has 0 aliphatic carbocycles. The summed E-state index contributed by atoms with van der Waals surface area (Å²) in [5.74, 6) is 0. The van der Waals surface area contributed by atoms with Crippen LogP contribution in [-0.4, -0.2) is 48.3 Å². The van der Waals surface area contributed by atoms with Gasteiger partial charge in [0.2, 0.25) is 0 Å². The Morgan fingerprint density at radius 3 is 2.70 bits per heavy atom. The van der Waals surface area contributed by atoms with Crippen molar-refractivity contribution in [3.8, 4) is 0 Å². The minimum atomic E-state index is -0.171. The molecule has 1 aliphatic rings. The van der Waals surface area contributed by atoms with E-state index in [0.29, 0.717) is 19.7 Å². The van der Waals surface area contributed by atoms with E-state index in [9.17, 15) is 4.79 Å². The molecule has 5 heteroatoms. The highest BCUT2D eigenvalue weighted by Gasteiger charge is 2.23. The number of carbonyl (C=O) groups excluding carboxylic acids is 1. The summed E-state index contributed by atoms with van der Waals surface area (Å²) in [7, 11) is 2.08. The Bertz CT molecular complexity index is 672. The Hall–Kier alpha value is -2.17. The molecule has 2 aromatic rings. The molecule has 0 spiro atoms. The lowest BCUT2D eigenvalue weighted by Gasteiger charge is -2.36. The van der Waals surface area contributed by atoms with E-state index >= 15 is 0 Å². The van der Waals surface area contributed by atoms with Crippen molar-refractivity contribution in [2.45, 2.75) is 19.8 Å². The molecular weight excluding hydrogens is 290 g/mol. The number of amides is 1. The van der Waals surface area contributed by atoms with Gasteiger partial charge in [-0.15, -0.1) is 0 Å². The number of fused-ring (bicyclic) bond motifs is 1. The van der Waals surface area contributed by atoms with Gasteiger partial charge in [-0.25, -0.2) is 4.79 Å². The molecular formula is C18H25N3O2. The normalized spacial score (nSPS) is 15.2. The summed E-state index contributed by atoms with van der Waals surface area (Å²) >= 11 is 0. The van der Waals surface area contributed by atoms with Crippen molar-refractivity contribution in [2.24, 2.45) is 7.05 Å². The summed E-state index contributed by atoms with van der Waals surface area (Å²) in [4.78, 5) is 16.2. The molecule has 1 aromatic heterocycles. The second kappa shape index (κ2) is 6.94. The Kier molecular flexibility index (Phi) is 4.74. The molecule has 1 saturated heterocycles. The van der Waals surface area contributed by atoms with Gasteiger partial charge < -0.3 is 19.1 Å². The first kappa shape index (κ1) is 15.7. The van der Waals surface area contributed by atoms with Crippen molar-refractivity contribution >= 4 is 22.7 Å². The summed E-state index contributed by atoms with van der Waals surface area (Å²) in [6, 6.07) is 8.54. The molecule has 1 aliphatic heterocycles. The van der Waals surface area contributed by atoms with Gasteiger partial charge in [-0.3, -0.25) is 0 Å². The average molecular weight is 315 g/mol.